The number of carboxylic acids is 4. The zero-order valence-electron chi connectivity index (χ0n) is 52.3. The predicted molar refractivity (Wildman–Crippen MR) is 314 cm³/mol. The van der Waals surface area contributed by atoms with Gasteiger partial charge in [-0.2, -0.15) is 0 Å². The molecule has 0 aliphatic carbocycles. The number of aliphatic carboxylic acids is 4. The number of aliphatic hydroxyl groups is 3. The van der Waals surface area contributed by atoms with Gasteiger partial charge in [0, 0.05) is 26.4 Å². The normalized spacial score (nSPS) is 18.1. The molecule has 2 fully saturated rings. The molecular formula is C55H91N13O23. The maximum absolute atomic E-state index is 14.3. The summed E-state index contributed by atoms with van der Waals surface area (Å²) in [5.41, 5.74) is 11.1. The summed E-state index contributed by atoms with van der Waals surface area (Å²) in [4.78, 5) is 209. The number of carboxylic acid groups (broad SMARTS) is 4. The van der Waals surface area contributed by atoms with E-state index in [4.69, 9.17) is 21.4 Å². The van der Waals surface area contributed by atoms with Gasteiger partial charge >= 0.3 is 17.9 Å². The van der Waals surface area contributed by atoms with Gasteiger partial charge in [-0.25, -0.2) is 4.79 Å². The van der Waals surface area contributed by atoms with Gasteiger partial charge in [0.15, 0.2) is 0 Å². The van der Waals surface area contributed by atoms with Crippen molar-refractivity contribution in [3.63, 3.8) is 0 Å². The van der Waals surface area contributed by atoms with E-state index < -0.39 is 231 Å². The lowest BCUT2D eigenvalue weighted by Crippen LogP contribution is -2.62. The third-order valence-electron chi connectivity index (χ3n) is 14.7. The van der Waals surface area contributed by atoms with E-state index in [0.717, 1.165) is 11.8 Å². The van der Waals surface area contributed by atoms with Crippen molar-refractivity contribution in [3.8, 4) is 0 Å². The Kier molecular flexibility index (Phi) is 34.3. The standard InChI is InChI=1S/C53H87N13O21.C2H4O2/c1-9-26(8)41(64-43(76)28(18-35(54)70)57-45(78)30(20-67)59-46(79)31(21-68)60-49(82)38(55)23(2)3)50(83)61-32(22-69)44(77)56-27(14-15-36(71)72)42(75)58-29(19-37(73)74)51(84)65-16-10-12-33(65)47(80)62-39(24(4)5)52(85)66-17-11-13-34(66)48(81)63-40(25(6)7)53(86)87;1-2(3)4/h23-34,38-41,67-69H,9-22,55H2,1-8H3,(H2,54,70)(H,56,77)(H,57,78)(H,58,75)(H,59,79)(H,60,82)(H,61,83)(H,62,80)(H,63,81)(H,64,76)(H,71,72)(H,73,74)(H,86,87);1H3,(H,3,4). The number of hydrogen-bond acceptors (Lipinski definition) is 20. The summed E-state index contributed by atoms with van der Waals surface area (Å²) < 4.78 is 0. The number of carbonyl (C=O) groups is 16. The first-order chi connectivity index (χ1) is 42.4. The molecule has 13 unspecified atom stereocenters. The Balaban J connectivity index is 0.0000100. The van der Waals surface area contributed by atoms with E-state index in [-0.39, 0.29) is 44.7 Å². The minimum atomic E-state index is -1.99. The van der Waals surface area contributed by atoms with Gasteiger partial charge in [0.2, 0.25) is 70.9 Å². The molecule has 91 heavy (non-hydrogen) atoms. The molecule has 13 atom stereocenters. The molecule has 2 heterocycles. The number of carbonyl (C=O) groups excluding carboxylic acids is 12. The first-order valence-corrected chi connectivity index (χ1v) is 29.5. The molecule has 2 aliphatic heterocycles. The molecule has 514 valence electrons. The highest BCUT2D eigenvalue weighted by atomic mass is 16.4. The summed E-state index contributed by atoms with van der Waals surface area (Å²) in [6.07, 6.45) is -2.70. The number of nitrogens with one attached hydrogen (secondary N) is 9. The molecule has 0 spiro atoms. The molecule has 0 bridgehead atoms. The van der Waals surface area contributed by atoms with Gasteiger partial charge in [-0.3, -0.25) is 71.9 Å². The number of nitrogens with two attached hydrogens (primary N) is 2. The van der Waals surface area contributed by atoms with Gasteiger partial charge in [-0.1, -0.05) is 61.8 Å². The van der Waals surface area contributed by atoms with E-state index in [2.05, 4.69) is 47.9 Å². The van der Waals surface area contributed by atoms with Gasteiger partial charge in [0.1, 0.15) is 66.5 Å². The fourth-order valence-corrected chi connectivity index (χ4v) is 9.29. The van der Waals surface area contributed by atoms with Crippen LogP contribution in [0.1, 0.15) is 120 Å². The smallest absolute Gasteiger partial charge is 0.326 e. The molecule has 20 N–H and O–H groups in total. The molecule has 36 heteroatoms. The summed E-state index contributed by atoms with van der Waals surface area (Å²) in [7, 11) is 0. The van der Waals surface area contributed by atoms with E-state index in [1.54, 1.807) is 48.5 Å². The van der Waals surface area contributed by atoms with Crippen LogP contribution in [0.4, 0.5) is 0 Å². The van der Waals surface area contributed by atoms with Crippen LogP contribution in [0.3, 0.4) is 0 Å². The average Bonchev–Trinajstić information content (AvgIpc) is 1.84. The van der Waals surface area contributed by atoms with Gasteiger partial charge in [0.05, 0.1) is 38.7 Å². The fraction of sp³-hybridized carbons (Fsp3) is 0.709. The molecule has 2 saturated heterocycles. The van der Waals surface area contributed by atoms with E-state index in [1.807, 2.05) is 0 Å². The van der Waals surface area contributed by atoms with Crippen molar-refractivity contribution >= 4 is 94.8 Å². The van der Waals surface area contributed by atoms with E-state index in [9.17, 15) is 103 Å². The molecule has 2 rings (SSSR count). The summed E-state index contributed by atoms with van der Waals surface area (Å²) >= 11 is 0. The van der Waals surface area contributed by atoms with Crippen LogP contribution in [0.15, 0.2) is 0 Å². The molecule has 0 radical (unpaired) electrons. The van der Waals surface area contributed by atoms with Crippen LogP contribution >= 0.6 is 0 Å². The van der Waals surface area contributed by atoms with Crippen LogP contribution in [0, 0.1) is 23.7 Å². The lowest BCUT2D eigenvalue weighted by atomic mass is 9.97. The quantitative estimate of drug-likeness (QED) is 0.0277. The number of likely N-dealkylation sites (tertiary alicyclic amines) is 2. The molecule has 36 nitrogen and oxygen atoms in total. The highest BCUT2D eigenvalue weighted by molar-refractivity contribution is 6.01. The Morgan fingerprint density at radius 1 is 0.462 bits per heavy atom. The largest absolute Gasteiger partial charge is 0.481 e. The molecule has 2 aliphatic rings. The van der Waals surface area contributed by atoms with Crippen LogP contribution in [0.2, 0.25) is 0 Å². The fourth-order valence-electron chi connectivity index (χ4n) is 9.29. The highest BCUT2D eigenvalue weighted by Gasteiger charge is 2.44. The van der Waals surface area contributed by atoms with E-state index >= 15 is 0 Å². The Morgan fingerprint density at radius 2 is 0.846 bits per heavy atom. The zero-order valence-corrected chi connectivity index (χ0v) is 52.3. The maximum Gasteiger partial charge on any atom is 0.326 e. The Hall–Kier alpha value is -8.64. The molecule has 12 amide bonds. The van der Waals surface area contributed by atoms with E-state index in [1.165, 1.54) is 11.8 Å². The van der Waals surface area contributed by atoms with Crippen LogP contribution in [-0.4, -0.2) is 246 Å². The molecule has 0 aromatic rings. The number of primary amides is 1. The van der Waals surface area contributed by atoms with Crippen molar-refractivity contribution in [1.29, 1.82) is 0 Å². The van der Waals surface area contributed by atoms with Gasteiger partial charge < -0.3 is 105 Å². The topological polar surface area (TPSA) is 582 Å². The van der Waals surface area contributed by atoms with E-state index in [0.29, 0.717) is 6.42 Å². The summed E-state index contributed by atoms with van der Waals surface area (Å²) in [6, 6.07) is -19.0. The Bertz CT molecular complexity index is 2620. The minimum Gasteiger partial charge on any atom is -0.481 e. The molecular weight excluding hydrogens is 1210 g/mol. The third-order valence-corrected chi connectivity index (χ3v) is 14.7. The highest BCUT2D eigenvalue weighted by Crippen LogP contribution is 2.24. The van der Waals surface area contributed by atoms with Crippen LogP contribution in [0.5, 0.6) is 0 Å². The summed E-state index contributed by atoms with van der Waals surface area (Å²) in [5.74, 6) is -20.4. The number of nitrogens with zero attached hydrogens (tertiary/aromatic N) is 2. The average molecular weight is 1300 g/mol. The van der Waals surface area contributed by atoms with Crippen molar-refractivity contribution in [2.75, 3.05) is 32.9 Å². The molecule has 0 saturated carbocycles. The van der Waals surface area contributed by atoms with Crippen molar-refractivity contribution in [3.05, 3.63) is 0 Å². The third kappa shape index (κ3) is 26.0. The number of rotatable bonds is 36. The predicted octanol–water partition coefficient (Wildman–Crippen LogP) is -6.96. The van der Waals surface area contributed by atoms with Crippen LogP contribution < -0.4 is 59.3 Å². The second-order valence-corrected chi connectivity index (χ2v) is 23.0. The first kappa shape index (κ1) is 80.4. The lowest BCUT2D eigenvalue weighted by Gasteiger charge is -2.33. The molecule has 0 aromatic heterocycles. The molecule has 0 aromatic carbocycles. The number of aliphatic hydroxyl groups excluding tert-OH is 3. The Labute approximate surface area is 524 Å². The van der Waals surface area contributed by atoms with Crippen molar-refractivity contribution < 1.29 is 112 Å². The number of amides is 12. The summed E-state index contributed by atoms with van der Waals surface area (Å²) in [6.45, 7) is 10.4. The van der Waals surface area contributed by atoms with Crippen LogP contribution in [0.25, 0.3) is 0 Å². The van der Waals surface area contributed by atoms with Crippen molar-refractivity contribution in [1.82, 2.24) is 57.7 Å². The van der Waals surface area contributed by atoms with Crippen LogP contribution in [-0.2, 0) is 76.7 Å². The maximum atomic E-state index is 14.3. The second kappa shape index (κ2) is 38.8. The van der Waals surface area contributed by atoms with Crippen molar-refractivity contribution in [2.24, 2.45) is 35.1 Å². The van der Waals surface area contributed by atoms with Crippen molar-refractivity contribution in [2.45, 2.75) is 193 Å². The van der Waals surface area contributed by atoms with Gasteiger partial charge in [0.25, 0.3) is 5.97 Å². The lowest BCUT2D eigenvalue weighted by molar-refractivity contribution is -0.148. The minimum absolute atomic E-state index is 0.000998. The number of hydrogen-bond donors (Lipinski definition) is 18. The van der Waals surface area contributed by atoms with Gasteiger partial charge in [-0.05, 0) is 55.8 Å². The monoisotopic (exact) mass is 1300 g/mol. The summed E-state index contributed by atoms with van der Waals surface area (Å²) in [5, 5.41) is 87.0. The SMILES string of the molecule is CC(=O)O.CCC(C)C(NC(=O)C(CC(N)=O)NC(=O)C(CO)NC(=O)C(CO)NC(=O)C(N)C(C)C)C(=O)NC(CO)C(=O)NC(CCC(=O)O)C(=O)NC(CC(=O)O)C(=O)N1CCCC1C(=O)NC(C(=O)N1CCCC1C(=O)NC(C(=O)O)C(C)C)C(C)C. The zero-order chi connectivity index (χ0) is 69.9. The Morgan fingerprint density at radius 3 is 1.24 bits per heavy atom. The van der Waals surface area contributed by atoms with Gasteiger partial charge in [-0.15, -0.1) is 0 Å². The first-order valence-electron chi connectivity index (χ1n) is 29.5. The second-order valence-electron chi connectivity index (χ2n) is 23.0.